The van der Waals surface area contributed by atoms with E-state index in [9.17, 15) is 0 Å². The third kappa shape index (κ3) is 2.96. The van der Waals surface area contributed by atoms with Gasteiger partial charge in [-0.3, -0.25) is 0 Å². The maximum atomic E-state index is 5.62. The molecule has 0 aliphatic heterocycles. The molecule has 5 aromatic rings. The molecular formula is C28H28N2. The minimum absolute atomic E-state index is 0.515. The first-order valence-corrected chi connectivity index (χ1v) is 10.6. The van der Waals surface area contributed by atoms with E-state index in [1.54, 1.807) is 0 Å². The van der Waals surface area contributed by atoms with Crippen LogP contribution in [0.5, 0.6) is 0 Å². The molecule has 2 nitrogen and oxygen atoms in total. The molecule has 0 bridgehead atoms. The number of nitrogens with one attached hydrogen (secondary N) is 2. The van der Waals surface area contributed by atoms with Gasteiger partial charge in [-0.05, 0) is 78.5 Å². The van der Waals surface area contributed by atoms with Crippen molar-refractivity contribution in [2.24, 2.45) is 0 Å². The highest BCUT2D eigenvalue weighted by Crippen LogP contribution is 2.44. The Morgan fingerprint density at radius 2 is 1.27 bits per heavy atom. The molecule has 0 unspecified atom stereocenters. The second-order valence-electron chi connectivity index (χ2n) is 8.79. The summed E-state index contributed by atoms with van der Waals surface area (Å²) in [6, 6.07) is 22.1. The summed E-state index contributed by atoms with van der Waals surface area (Å²) in [6.45, 7) is 11.5. The molecule has 0 aliphatic rings. The van der Waals surface area contributed by atoms with Crippen LogP contribution in [0, 0.1) is 17.7 Å². The minimum Gasteiger partial charge on any atom is -0.242 e. The van der Waals surface area contributed by atoms with Crippen LogP contribution in [-0.4, -0.2) is 6.01 Å². The number of hydrogen-bond acceptors (Lipinski definition) is 2. The predicted molar refractivity (Wildman–Crippen MR) is 131 cm³/mol. The highest BCUT2D eigenvalue weighted by Gasteiger charge is 2.19. The van der Waals surface area contributed by atoms with Crippen LogP contribution in [0.15, 0.2) is 54.6 Å². The number of rotatable bonds is 2. The molecule has 0 heterocycles. The van der Waals surface area contributed by atoms with E-state index < -0.39 is 0 Å². The molecule has 2 heteroatoms. The van der Waals surface area contributed by atoms with E-state index in [0.29, 0.717) is 11.8 Å². The van der Waals surface area contributed by atoms with Gasteiger partial charge in [-0.25, -0.2) is 10.8 Å². The van der Waals surface area contributed by atoms with Crippen LogP contribution in [0.4, 0.5) is 0 Å². The molecule has 0 spiro atoms. The molecule has 0 atom stereocenters. The zero-order valence-corrected chi connectivity index (χ0v) is 18.4. The third-order valence-electron chi connectivity index (χ3n) is 6.24. The van der Waals surface area contributed by atoms with E-state index in [4.69, 9.17) is 10.8 Å². The molecule has 0 radical (unpaired) electrons. The Hall–Kier alpha value is -3.22. The Kier molecular flexibility index (Phi) is 5.05. The lowest BCUT2D eigenvalue weighted by Crippen LogP contribution is -1.98. The van der Waals surface area contributed by atoms with Crippen molar-refractivity contribution in [2.45, 2.75) is 46.5 Å². The first-order valence-electron chi connectivity index (χ1n) is 10.6. The van der Waals surface area contributed by atoms with Crippen LogP contribution in [-0.2, 0) is 0 Å². The monoisotopic (exact) mass is 392 g/mol. The molecule has 5 rings (SSSR count). The number of hydrogen-bond donors (Lipinski definition) is 2. The van der Waals surface area contributed by atoms with Crippen molar-refractivity contribution >= 4 is 49.1 Å². The first kappa shape index (κ1) is 20.1. The number of fused-ring (bicyclic) bond motifs is 2. The highest BCUT2D eigenvalue weighted by atomic mass is 14.4. The summed E-state index contributed by atoms with van der Waals surface area (Å²) in [5.41, 5.74) is 4.30. The molecule has 0 aliphatic carbocycles. The summed E-state index contributed by atoms with van der Waals surface area (Å²) in [6.07, 6.45) is 0. The van der Waals surface area contributed by atoms with Gasteiger partial charge in [0.1, 0.15) is 0 Å². The van der Waals surface area contributed by atoms with Gasteiger partial charge in [0.05, 0.1) is 6.01 Å². The molecular weight excluding hydrogens is 364 g/mol. The van der Waals surface area contributed by atoms with Gasteiger partial charge in [0.15, 0.2) is 0 Å². The summed E-state index contributed by atoms with van der Waals surface area (Å²) in [4.78, 5) is 0. The quantitative estimate of drug-likeness (QED) is 0.172. The molecule has 5 aromatic carbocycles. The Morgan fingerprint density at radius 3 is 1.87 bits per heavy atom. The average molecular weight is 393 g/mol. The van der Waals surface area contributed by atoms with Crippen LogP contribution >= 0.6 is 0 Å². The van der Waals surface area contributed by atoms with Crippen molar-refractivity contribution < 1.29 is 0 Å². The number of aryl methyl sites for hydroxylation is 1. The van der Waals surface area contributed by atoms with Crippen LogP contribution in [0.1, 0.15) is 56.2 Å². The lowest BCUT2D eigenvalue weighted by Gasteiger charge is -2.21. The lowest BCUT2D eigenvalue weighted by molar-refractivity contribution is 0.863. The smallest absolute Gasteiger partial charge is 0.0831 e. The van der Waals surface area contributed by atoms with Crippen molar-refractivity contribution in [1.29, 1.82) is 10.8 Å². The molecule has 30 heavy (non-hydrogen) atoms. The van der Waals surface area contributed by atoms with Gasteiger partial charge in [-0.1, -0.05) is 82.3 Å². The molecule has 0 saturated heterocycles. The minimum atomic E-state index is 0.515. The Labute approximate surface area is 177 Å². The predicted octanol–water partition coefficient (Wildman–Crippen LogP) is 8.61. The fraction of sp³-hybridized carbons (Fsp3) is 0.250. The summed E-state index contributed by atoms with van der Waals surface area (Å²) in [7, 11) is 0. The van der Waals surface area contributed by atoms with Crippen molar-refractivity contribution in [3.8, 4) is 0 Å². The van der Waals surface area contributed by atoms with Gasteiger partial charge >= 0.3 is 0 Å². The molecule has 0 amide bonds. The molecule has 0 fully saturated rings. The lowest BCUT2D eigenvalue weighted by atomic mass is 9.82. The highest BCUT2D eigenvalue weighted by molar-refractivity contribution is 6.34. The zero-order valence-electron chi connectivity index (χ0n) is 18.4. The second-order valence-corrected chi connectivity index (χ2v) is 8.79. The SMILES string of the molecule is Cc1cc(C(C)C)c2cc(C(C)C)cc3c4cccc5cccc(c1c23)c54.N=C=N. The number of benzene rings is 5. The largest absolute Gasteiger partial charge is 0.242 e. The van der Waals surface area contributed by atoms with Crippen molar-refractivity contribution in [3.05, 3.63) is 71.3 Å². The molecule has 2 N–H and O–H groups in total. The summed E-state index contributed by atoms with van der Waals surface area (Å²) < 4.78 is 0. The van der Waals surface area contributed by atoms with E-state index >= 15 is 0 Å². The summed E-state index contributed by atoms with van der Waals surface area (Å²) >= 11 is 0. The van der Waals surface area contributed by atoms with Crippen LogP contribution < -0.4 is 0 Å². The standard InChI is InChI=1S/C27H26.CH2N2/c1-15(2)19-13-23-20-10-6-8-18-9-7-11-21(26(18)20)25-17(5)12-22(16(3)4)24(14-19)27(23)25;2-1-3/h6-16H,1-5H3;2-3H. The zero-order chi connectivity index (χ0) is 21.6. The topological polar surface area (TPSA) is 47.7 Å². The first-order chi connectivity index (χ1) is 14.4. The van der Waals surface area contributed by atoms with Gasteiger partial charge in [0, 0.05) is 0 Å². The Balaban J connectivity index is 0.000000687. The maximum Gasteiger partial charge on any atom is 0.0831 e. The van der Waals surface area contributed by atoms with Gasteiger partial charge in [0.2, 0.25) is 0 Å². The molecule has 0 saturated carbocycles. The molecule has 150 valence electrons. The van der Waals surface area contributed by atoms with Gasteiger partial charge in [-0.15, -0.1) is 0 Å². The molecule has 0 aromatic heterocycles. The van der Waals surface area contributed by atoms with E-state index in [-0.39, 0.29) is 0 Å². The normalized spacial score (nSPS) is 11.6. The van der Waals surface area contributed by atoms with E-state index in [1.807, 2.05) is 0 Å². The summed E-state index contributed by atoms with van der Waals surface area (Å²) in [5, 5.41) is 22.5. The summed E-state index contributed by atoms with van der Waals surface area (Å²) in [5.74, 6) is 1.03. The van der Waals surface area contributed by atoms with Crippen LogP contribution in [0.25, 0.3) is 43.1 Å². The van der Waals surface area contributed by atoms with E-state index in [0.717, 1.165) is 0 Å². The Bertz CT molecular complexity index is 1410. The fourth-order valence-corrected chi connectivity index (χ4v) is 4.89. The fourth-order valence-electron chi connectivity index (χ4n) is 4.89. The van der Waals surface area contributed by atoms with Crippen molar-refractivity contribution in [3.63, 3.8) is 0 Å². The Morgan fingerprint density at radius 1 is 0.667 bits per heavy atom. The average Bonchev–Trinajstić information content (AvgIpc) is 2.72. The third-order valence-corrected chi connectivity index (χ3v) is 6.24. The van der Waals surface area contributed by atoms with Crippen LogP contribution in [0.3, 0.4) is 0 Å². The van der Waals surface area contributed by atoms with E-state index in [2.05, 4.69) is 89.2 Å². The van der Waals surface area contributed by atoms with Crippen molar-refractivity contribution in [1.82, 2.24) is 0 Å². The van der Waals surface area contributed by atoms with Gasteiger partial charge in [-0.2, -0.15) is 0 Å². The second kappa shape index (κ2) is 7.55. The van der Waals surface area contributed by atoms with Crippen LogP contribution in [0.2, 0.25) is 0 Å². The maximum absolute atomic E-state index is 5.62. The van der Waals surface area contributed by atoms with E-state index in [1.165, 1.54) is 65.8 Å². The van der Waals surface area contributed by atoms with Crippen molar-refractivity contribution in [2.75, 3.05) is 0 Å². The van der Waals surface area contributed by atoms with Gasteiger partial charge < -0.3 is 0 Å². The van der Waals surface area contributed by atoms with Gasteiger partial charge in [0.25, 0.3) is 0 Å².